The van der Waals surface area contributed by atoms with E-state index in [0.717, 1.165) is 16.8 Å². The molecule has 0 saturated carbocycles. The van der Waals surface area contributed by atoms with Crippen LogP contribution in [0.3, 0.4) is 0 Å². The number of hydrogen-bond donors (Lipinski definition) is 1. The van der Waals surface area contributed by atoms with Crippen LogP contribution in [0, 0.1) is 5.82 Å². The van der Waals surface area contributed by atoms with Gasteiger partial charge in [0, 0.05) is 0 Å². The minimum Gasteiger partial charge on any atom is -0.383 e. The van der Waals surface area contributed by atoms with Crippen molar-refractivity contribution in [2.45, 2.75) is 6.18 Å². The molecule has 7 heteroatoms. The van der Waals surface area contributed by atoms with E-state index < -0.39 is 17.7 Å². The summed E-state index contributed by atoms with van der Waals surface area (Å²) in [7, 11) is 0. The maximum Gasteiger partial charge on any atom is 0.435 e. The van der Waals surface area contributed by atoms with E-state index in [1.54, 1.807) is 30.3 Å². The van der Waals surface area contributed by atoms with E-state index in [1.807, 2.05) is 0 Å². The third kappa shape index (κ3) is 2.77. The number of nitrogens with two attached hydrogens (primary N) is 1. The fraction of sp³-hybridized carbons (Fsp3) is 0.0625. The van der Waals surface area contributed by atoms with Gasteiger partial charge in [-0.15, -0.1) is 0 Å². The third-order valence-electron chi connectivity index (χ3n) is 3.32. The van der Waals surface area contributed by atoms with E-state index in [0.29, 0.717) is 5.69 Å². The van der Waals surface area contributed by atoms with Gasteiger partial charge in [0.25, 0.3) is 0 Å². The van der Waals surface area contributed by atoms with E-state index in [4.69, 9.17) is 5.73 Å². The van der Waals surface area contributed by atoms with Gasteiger partial charge in [0.2, 0.25) is 0 Å². The van der Waals surface area contributed by atoms with Crippen molar-refractivity contribution in [3.8, 4) is 16.8 Å². The number of nitrogens with zero attached hydrogens (tertiary/aromatic N) is 2. The van der Waals surface area contributed by atoms with Crippen molar-refractivity contribution >= 4 is 5.82 Å². The zero-order valence-corrected chi connectivity index (χ0v) is 11.7. The molecular weight excluding hydrogens is 310 g/mol. The molecule has 118 valence electrons. The quantitative estimate of drug-likeness (QED) is 0.716. The van der Waals surface area contributed by atoms with Crippen molar-refractivity contribution in [2.24, 2.45) is 0 Å². The molecule has 0 fully saturated rings. The summed E-state index contributed by atoms with van der Waals surface area (Å²) in [5, 5.41) is 3.62. The van der Waals surface area contributed by atoms with Crippen LogP contribution in [0.1, 0.15) is 5.69 Å². The van der Waals surface area contributed by atoms with E-state index in [-0.39, 0.29) is 16.9 Å². The SMILES string of the molecule is Nc1c(-c2ccc(F)cc2)c(C(F)(F)F)nn1-c1ccccc1. The number of rotatable bonds is 2. The lowest BCUT2D eigenvalue weighted by molar-refractivity contribution is -0.140. The zero-order valence-electron chi connectivity index (χ0n) is 11.7. The number of para-hydroxylation sites is 1. The third-order valence-corrected chi connectivity index (χ3v) is 3.32. The van der Waals surface area contributed by atoms with Gasteiger partial charge in [-0.25, -0.2) is 9.07 Å². The lowest BCUT2D eigenvalue weighted by Crippen LogP contribution is -2.08. The topological polar surface area (TPSA) is 43.8 Å². The molecule has 3 aromatic rings. The Labute approximate surface area is 129 Å². The van der Waals surface area contributed by atoms with Crippen LogP contribution in [0.4, 0.5) is 23.4 Å². The predicted octanol–water partition coefficient (Wildman–Crippen LogP) is 4.28. The van der Waals surface area contributed by atoms with Gasteiger partial charge in [0.15, 0.2) is 5.69 Å². The summed E-state index contributed by atoms with van der Waals surface area (Å²) >= 11 is 0. The highest BCUT2D eigenvalue weighted by Gasteiger charge is 2.39. The van der Waals surface area contributed by atoms with Gasteiger partial charge < -0.3 is 5.73 Å². The van der Waals surface area contributed by atoms with Crippen LogP contribution in [0.2, 0.25) is 0 Å². The maximum atomic E-state index is 13.3. The highest BCUT2D eigenvalue weighted by molar-refractivity contribution is 5.78. The number of benzene rings is 2. The second-order valence-electron chi connectivity index (χ2n) is 4.86. The Morgan fingerprint density at radius 3 is 2.09 bits per heavy atom. The largest absolute Gasteiger partial charge is 0.435 e. The standard InChI is InChI=1S/C16H11F4N3/c17-11-8-6-10(7-9-11)13-14(16(18,19)20)22-23(15(13)21)12-4-2-1-3-5-12/h1-9H,21H2. The van der Waals surface area contributed by atoms with Gasteiger partial charge in [-0.2, -0.15) is 18.3 Å². The highest BCUT2D eigenvalue weighted by atomic mass is 19.4. The van der Waals surface area contributed by atoms with Gasteiger partial charge >= 0.3 is 6.18 Å². The Morgan fingerprint density at radius 2 is 1.52 bits per heavy atom. The highest BCUT2D eigenvalue weighted by Crippen LogP contribution is 2.40. The molecule has 0 aliphatic carbocycles. The number of alkyl halides is 3. The molecular formula is C16H11F4N3. The smallest absolute Gasteiger partial charge is 0.383 e. The second kappa shape index (κ2) is 5.42. The summed E-state index contributed by atoms with van der Waals surface area (Å²) in [5.74, 6) is -0.702. The van der Waals surface area contributed by atoms with Crippen LogP contribution in [-0.4, -0.2) is 9.78 Å². The first-order chi connectivity index (χ1) is 10.9. The predicted molar refractivity (Wildman–Crippen MR) is 78.4 cm³/mol. The molecule has 0 atom stereocenters. The number of hydrogen-bond acceptors (Lipinski definition) is 2. The molecule has 1 aromatic heterocycles. The molecule has 3 nitrogen and oxygen atoms in total. The number of nitrogen functional groups attached to an aromatic ring is 1. The van der Waals surface area contributed by atoms with Crippen LogP contribution < -0.4 is 5.73 Å². The van der Waals surface area contributed by atoms with E-state index in [2.05, 4.69) is 5.10 Å². The summed E-state index contributed by atoms with van der Waals surface area (Å²) < 4.78 is 54.0. The fourth-order valence-corrected chi connectivity index (χ4v) is 2.30. The lowest BCUT2D eigenvalue weighted by atomic mass is 10.1. The molecule has 0 aliphatic heterocycles. The lowest BCUT2D eigenvalue weighted by Gasteiger charge is -2.07. The van der Waals surface area contributed by atoms with Crippen molar-refractivity contribution in [1.82, 2.24) is 9.78 Å². The summed E-state index contributed by atoms with van der Waals surface area (Å²) in [4.78, 5) is 0. The second-order valence-corrected chi connectivity index (χ2v) is 4.86. The molecule has 2 N–H and O–H groups in total. The zero-order chi connectivity index (χ0) is 16.6. The van der Waals surface area contributed by atoms with Crippen LogP contribution in [0.5, 0.6) is 0 Å². The van der Waals surface area contributed by atoms with Crippen LogP contribution in [0.25, 0.3) is 16.8 Å². The van der Waals surface area contributed by atoms with Gasteiger partial charge in [-0.3, -0.25) is 0 Å². The molecule has 3 rings (SSSR count). The van der Waals surface area contributed by atoms with Crippen LogP contribution in [-0.2, 0) is 6.18 Å². The number of aromatic nitrogens is 2. The summed E-state index contributed by atoms with van der Waals surface area (Å²) in [6.45, 7) is 0. The normalized spacial score (nSPS) is 11.7. The first-order valence-electron chi connectivity index (χ1n) is 6.65. The average molecular weight is 321 g/mol. The summed E-state index contributed by atoms with van der Waals surface area (Å²) in [6.07, 6.45) is -4.68. The number of halogens is 4. The monoisotopic (exact) mass is 321 g/mol. The van der Waals surface area contributed by atoms with Crippen molar-refractivity contribution < 1.29 is 17.6 Å². The van der Waals surface area contributed by atoms with Gasteiger partial charge in [-0.05, 0) is 29.8 Å². The summed E-state index contributed by atoms with van der Waals surface area (Å²) in [6, 6.07) is 12.9. The fourth-order valence-electron chi connectivity index (χ4n) is 2.30. The molecule has 2 aromatic carbocycles. The average Bonchev–Trinajstić information content (AvgIpc) is 2.87. The Morgan fingerprint density at radius 1 is 0.913 bits per heavy atom. The summed E-state index contributed by atoms with van der Waals surface area (Å²) in [5.41, 5.74) is 5.10. The molecule has 1 heterocycles. The molecule has 23 heavy (non-hydrogen) atoms. The first kappa shape index (κ1) is 15.1. The van der Waals surface area contributed by atoms with E-state index in [1.165, 1.54) is 12.1 Å². The van der Waals surface area contributed by atoms with E-state index >= 15 is 0 Å². The van der Waals surface area contributed by atoms with Crippen molar-refractivity contribution in [3.63, 3.8) is 0 Å². The molecule has 0 saturated heterocycles. The first-order valence-corrected chi connectivity index (χ1v) is 6.65. The Balaban J connectivity index is 2.25. The Bertz CT molecular complexity index is 821. The molecule has 0 aliphatic rings. The van der Waals surface area contributed by atoms with Gasteiger partial charge in [-0.1, -0.05) is 30.3 Å². The molecule has 0 radical (unpaired) electrons. The van der Waals surface area contributed by atoms with Crippen LogP contribution in [0.15, 0.2) is 54.6 Å². The van der Waals surface area contributed by atoms with Gasteiger partial charge in [0.1, 0.15) is 11.6 Å². The minimum atomic E-state index is -4.68. The Hall–Kier alpha value is -2.83. The Kier molecular flexibility index (Phi) is 3.55. The van der Waals surface area contributed by atoms with Crippen molar-refractivity contribution in [3.05, 3.63) is 66.1 Å². The molecule has 0 amide bonds. The maximum absolute atomic E-state index is 13.3. The molecule has 0 bridgehead atoms. The van der Waals surface area contributed by atoms with E-state index in [9.17, 15) is 17.6 Å². The molecule has 0 spiro atoms. The van der Waals surface area contributed by atoms with Crippen molar-refractivity contribution in [2.75, 3.05) is 5.73 Å². The van der Waals surface area contributed by atoms with Gasteiger partial charge in [0.05, 0.1) is 11.3 Å². The number of anilines is 1. The van der Waals surface area contributed by atoms with Crippen molar-refractivity contribution in [1.29, 1.82) is 0 Å². The molecule has 0 unspecified atom stereocenters. The minimum absolute atomic E-state index is 0.151. The van der Waals surface area contributed by atoms with Crippen LogP contribution >= 0.6 is 0 Å².